The average Bonchev–Trinajstić information content (AvgIpc) is 2.88. The molecule has 0 fully saturated rings. The molecule has 1 atom stereocenters. The van der Waals surface area contributed by atoms with Crippen molar-refractivity contribution in [2.75, 3.05) is 6.61 Å². The van der Waals surface area contributed by atoms with E-state index in [0.717, 1.165) is 49.7 Å². The summed E-state index contributed by atoms with van der Waals surface area (Å²) in [5, 5.41) is 21.8. The monoisotopic (exact) mass is 367 g/mol. The van der Waals surface area contributed by atoms with E-state index in [2.05, 4.69) is 48.5 Å². The van der Waals surface area contributed by atoms with Gasteiger partial charge < -0.3 is 15.1 Å². The second kappa shape index (κ2) is 9.05. The van der Waals surface area contributed by atoms with Crippen LogP contribution in [0.2, 0.25) is 0 Å². The quantitative estimate of drug-likeness (QED) is 0.518. The van der Waals surface area contributed by atoms with Crippen molar-refractivity contribution in [1.29, 1.82) is 0 Å². The topological polar surface area (TPSA) is 54.6 Å². The molecule has 1 heterocycles. The third-order valence-corrected chi connectivity index (χ3v) is 7.08. The van der Waals surface area contributed by atoms with Crippen LogP contribution in [-0.2, 0) is 11.8 Å². The van der Waals surface area contributed by atoms with Crippen LogP contribution in [-0.4, -0.2) is 21.6 Å². The van der Waals surface area contributed by atoms with Gasteiger partial charge in [0.2, 0.25) is 11.8 Å². The summed E-state index contributed by atoms with van der Waals surface area (Å²) in [6, 6.07) is 0. The Bertz CT molecular complexity index is 568. The van der Waals surface area contributed by atoms with Crippen molar-refractivity contribution < 1.29 is 15.1 Å². The lowest BCUT2D eigenvalue weighted by Crippen LogP contribution is -2.27. The lowest BCUT2D eigenvalue weighted by molar-refractivity contribution is 0.0741. The predicted molar refractivity (Wildman–Crippen MR) is 109 cm³/mol. The third-order valence-electron chi connectivity index (χ3n) is 7.08. The number of hydrogen-bond acceptors (Lipinski definition) is 3. The van der Waals surface area contributed by atoms with E-state index in [0.29, 0.717) is 12.5 Å². The molecule has 0 saturated carbocycles. The summed E-state index contributed by atoms with van der Waals surface area (Å²) in [6.07, 6.45) is 5.55. The summed E-state index contributed by atoms with van der Waals surface area (Å²) in [5.41, 5.74) is 1.73. The Kier molecular flexibility index (Phi) is 7.91. The van der Waals surface area contributed by atoms with Crippen molar-refractivity contribution in [1.82, 2.24) is 4.73 Å². The molecule has 0 radical (unpaired) electrons. The molecule has 1 aromatic rings. The molecule has 1 aromatic heterocycles. The van der Waals surface area contributed by atoms with Crippen LogP contribution < -0.4 is 4.84 Å². The van der Waals surface area contributed by atoms with Crippen LogP contribution in [0.1, 0.15) is 98.6 Å². The maximum Gasteiger partial charge on any atom is 0.233 e. The second-order valence-electron chi connectivity index (χ2n) is 8.36. The Morgan fingerprint density at radius 2 is 1.46 bits per heavy atom. The normalized spacial score (nSPS) is 13.8. The maximum atomic E-state index is 10.9. The molecular formula is C22H41NO3. The van der Waals surface area contributed by atoms with Crippen molar-refractivity contribution in [3.8, 4) is 11.8 Å². The molecule has 2 N–H and O–H groups in total. The van der Waals surface area contributed by atoms with Crippen LogP contribution in [0.15, 0.2) is 0 Å². The highest BCUT2D eigenvalue weighted by Gasteiger charge is 2.37. The first-order valence-corrected chi connectivity index (χ1v) is 10.4. The van der Waals surface area contributed by atoms with Crippen LogP contribution in [0.4, 0.5) is 0 Å². The second-order valence-corrected chi connectivity index (χ2v) is 8.36. The number of aromatic hydroxyl groups is 2. The number of hydrogen-bond donors (Lipinski definition) is 2. The number of nitrogens with zero attached hydrogens (tertiary/aromatic N) is 1. The van der Waals surface area contributed by atoms with Crippen LogP contribution in [0.3, 0.4) is 0 Å². The van der Waals surface area contributed by atoms with Crippen molar-refractivity contribution in [2.45, 2.75) is 99.3 Å². The molecule has 4 heteroatoms. The molecule has 26 heavy (non-hydrogen) atoms. The summed E-state index contributed by atoms with van der Waals surface area (Å²) in [5.74, 6) is 0.529. The Labute approximate surface area is 160 Å². The Hall–Kier alpha value is -1.32. The Balaban J connectivity index is 3.48. The van der Waals surface area contributed by atoms with Gasteiger partial charge in [-0.1, -0.05) is 68.2 Å². The molecule has 0 aliphatic heterocycles. The fourth-order valence-electron chi connectivity index (χ4n) is 3.81. The molecule has 0 amide bonds. The van der Waals surface area contributed by atoms with Gasteiger partial charge in [0.15, 0.2) is 0 Å². The van der Waals surface area contributed by atoms with E-state index >= 15 is 0 Å². The zero-order chi connectivity index (χ0) is 20.1. The average molecular weight is 368 g/mol. The van der Waals surface area contributed by atoms with E-state index in [4.69, 9.17) is 4.84 Å². The van der Waals surface area contributed by atoms with Gasteiger partial charge in [-0.3, -0.25) is 0 Å². The zero-order valence-electron chi connectivity index (χ0n) is 18.3. The standard InChI is InChI=1S/C22H41NO3/c1-9-14-26-23-19(24)17(15-16(6)21(7,10-2)11-3)18(20(23)25)22(8,12-4)13-5/h16,24-25H,9-15H2,1-8H3. The van der Waals surface area contributed by atoms with Crippen LogP contribution >= 0.6 is 0 Å². The lowest BCUT2D eigenvalue weighted by Gasteiger charge is -2.35. The molecule has 4 nitrogen and oxygen atoms in total. The van der Waals surface area contributed by atoms with Gasteiger partial charge in [-0.25, -0.2) is 0 Å². The minimum Gasteiger partial charge on any atom is -0.492 e. The SMILES string of the molecule is CCCOn1c(O)c(CC(C)C(C)(CC)CC)c(C(C)(CC)CC)c1O. The van der Waals surface area contributed by atoms with E-state index in [-0.39, 0.29) is 22.6 Å². The first-order valence-electron chi connectivity index (χ1n) is 10.4. The van der Waals surface area contributed by atoms with Gasteiger partial charge in [0.25, 0.3) is 0 Å². The van der Waals surface area contributed by atoms with Gasteiger partial charge in [-0.2, -0.15) is 0 Å². The van der Waals surface area contributed by atoms with E-state index in [1.54, 1.807) is 0 Å². The fraction of sp³-hybridized carbons (Fsp3) is 0.818. The van der Waals surface area contributed by atoms with Crippen LogP contribution in [0.25, 0.3) is 0 Å². The van der Waals surface area contributed by atoms with Gasteiger partial charge in [0.1, 0.15) is 6.61 Å². The minimum absolute atomic E-state index is 0.0686. The molecule has 1 unspecified atom stereocenters. The smallest absolute Gasteiger partial charge is 0.233 e. The van der Waals surface area contributed by atoms with Crippen LogP contribution in [0, 0.1) is 11.3 Å². The van der Waals surface area contributed by atoms with E-state index in [9.17, 15) is 10.2 Å². The highest BCUT2D eigenvalue weighted by molar-refractivity contribution is 5.49. The number of aromatic nitrogens is 1. The Morgan fingerprint density at radius 1 is 0.923 bits per heavy atom. The highest BCUT2D eigenvalue weighted by Crippen LogP contribution is 2.47. The molecule has 0 aromatic carbocycles. The molecule has 0 spiro atoms. The molecule has 0 aliphatic rings. The summed E-state index contributed by atoms with van der Waals surface area (Å²) in [4.78, 5) is 5.66. The van der Waals surface area contributed by atoms with E-state index < -0.39 is 0 Å². The summed E-state index contributed by atoms with van der Waals surface area (Å²) in [6.45, 7) is 18.0. The van der Waals surface area contributed by atoms with E-state index in [1.165, 1.54) is 4.73 Å². The maximum absolute atomic E-state index is 10.9. The van der Waals surface area contributed by atoms with Crippen molar-refractivity contribution in [3.05, 3.63) is 11.1 Å². The third kappa shape index (κ3) is 4.15. The largest absolute Gasteiger partial charge is 0.492 e. The molecule has 0 aliphatic carbocycles. The van der Waals surface area contributed by atoms with Gasteiger partial charge in [0.05, 0.1) is 0 Å². The number of rotatable bonds is 11. The summed E-state index contributed by atoms with van der Waals surface area (Å²) < 4.78 is 1.25. The van der Waals surface area contributed by atoms with Crippen molar-refractivity contribution in [2.24, 2.45) is 11.3 Å². The van der Waals surface area contributed by atoms with Crippen molar-refractivity contribution in [3.63, 3.8) is 0 Å². The van der Waals surface area contributed by atoms with Gasteiger partial charge in [-0.05, 0) is 42.4 Å². The van der Waals surface area contributed by atoms with Gasteiger partial charge in [-0.15, -0.1) is 4.73 Å². The van der Waals surface area contributed by atoms with Crippen LogP contribution in [0.5, 0.6) is 11.8 Å². The summed E-state index contributed by atoms with van der Waals surface area (Å²) >= 11 is 0. The zero-order valence-corrected chi connectivity index (χ0v) is 18.3. The van der Waals surface area contributed by atoms with Crippen molar-refractivity contribution >= 4 is 0 Å². The predicted octanol–water partition coefficient (Wildman–Crippen LogP) is 5.82. The fourth-order valence-corrected chi connectivity index (χ4v) is 3.81. The molecule has 152 valence electrons. The Morgan fingerprint density at radius 3 is 1.88 bits per heavy atom. The first-order chi connectivity index (χ1) is 12.2. The molecule has 0 saturated heterocycles. The minimum atomic E-state index is -0.188. The molecule has 0 bridgehead atoms. The van der Waals surface area contributed by atoms with Gasteiger partial charge in [0, 0.05) is 11.1 Å². The summed E-state index contributed by atoms with van der Waals surface area (Å²) in [7, 11) is 0. The van der Waals surface area contributed by atoms with E-state index in [1.807, 2.05) is 6.92 Å². The molecular weight excluding hydrogens is 326 g/mol. The molecule has 1 rings (SSSR count). The lowest BCUT2D eigenvalue weighted by atomic mass is 9.69. The van der Waals surface area contributed by atoms with Gasteiger partial charge >= 0.3 is 0 Å². The first kappa shape index (κ1) is 22.7. The highest BCUT2D eigenvalue weighted by atomic mass is 16.7.